The van der Waals surface area contributed by atoms with Crippen molar-refractivity contribution in [3.63, 3.8) is 0 Å². The van der Waals surface area contributed by atoms with E-state index in [1.807, 2.05) is 11.3 Å². The Bertz CT molecular complexity index is 303. The van der Waals surface area contributed by atoms with Gasteiger partial charge in [-0.1, -0.05) is 27.7 Å². The molecule has 0 spiro atoms. The lowest BCUT2D eigenvalue weighted by atomic mass is 10.00. The van der Waals surface area contributed by atoms with Crippen LogP contribution in [0.3, 0.4) is 0 Å². The molecule has 3 nitrogen and oxygen atoms in total. The maximum absolute atomic E-state index is 8.78. The van der Waals surface area contributed by atoms with Crippen LogP contribution in [-0.4, -0.2) is 11.2 Å². The molecule has 0 unspecified atom stereocenters. The van der Waals surface area contributed by atoms with Crippen molar-refractivity contribution in [1.82, 2.24) is 0 Å². The summed E-state index contributed by atoms with van der Waals surface area (Å²) in [5, 5.41) is 9.43. The summed E-state index contributed by atoms with van der Waals surface area (Å²) in [5.41, 5.74) is 5.61. The molecule has 0 aliphatic heterocycles. The second-order valence-corrected chi connectivity index (χ2v) is 5.90. The Morgan fingerprint density at radius 2 is 1.76 bits per heavy atom. The van der Waals surface area contributed by atoms with Gasteiger partial charge >= 0.3 is 6.09 Å². The molecular weight excluding hydrogens is 234 g/mol. The predicted octanol–water partition coefficient (Wildman–Crippen LogP) is 3.77. The van der Waals surface area contributed by atoms with Crippen LogP contribution in [-0.2, 0) is 12.8 Å². The van der Waals surface area contributed by atoms with E-state index in [1.165, 1.54) is 12.8 Å². The number of amides is 1. The quantitative estimate of drug-likeness (QED) is 0.862. The van der Waals surface area contributed by atoms with Crippen LogP contribution in [0.15, 0.2) is 11.4 Å². The number of hydrogen-bond acceptors (Lipinski definition) is 2. The van der Waals surface area contributed by atoms with Crippen LogP contribution >= 0.6 is 11.3 Å². The molecular formula is C13H23NO2S. The number of primary amides is 1. The molecule has 1 rings (SSSR count). The molecule has 0 bridgehead atoms. The van der Waals surface area contributed by atoms with Crippen LogP contribution in [0.4, 0.5) is 4.79 Å². The predicted molar refractivity (Wildman–Crippen MR) is 73.6 cm³/mol. The van der Waals surface area contributed by atoms with Gasteiger partial charge < -0.3 is 10.8 Å². The molecule has 0 atom stereocenters. The third kappa shape index (κ3) is 8.74. The highest BCUT2D eigenvalue weighted by molar-refractivity contribution is 7.10. The molecule has 1 aromatic heterocycles. The van der Waals surface area contributed by atoms with E-state index < -0.39 is 6.09 Å². The van der Waals surface area contributed by atoms with Crippen molar-refractivity contribution >= 4 is 17.4 Å². The third-order valence-corrected chi connectivity index (χ3v) is 3.05. The van der Waals surface area contributed by atoms with E-state index in [4.69, 9.17) is 9.90 Å². The summed E-state index contributed by atoms with van der Waals surface area (Å²) in [6.45, 7) is 9.16. The van der Waals surface area contributed by atoms with Crippen LogP contribution < -0.4 is 5.73 Å². The van der Waals surface area contributed by atoms with E-state index in [9.17, 15) is 0 Å². The zero-order valence-corrected chi connectivity index (χ0v) is 11.9. The maximum Gasteiger partial charge on any atom is 0.402 e. The SMILES string of the molecule is CC(C)Cc1ccsc1CC(C)C.NC(=O)O. The molecule has 1 aromatic rings. The molecule has 0 aliphatic carbocycles. The minimum Gasteiger partial charge on any atom is -0.465 e. The highest BCUT2D eigenvalue weighted by Gasteiger charge is 2.07. The first-order valence-corrected chi connectivity index (χ1v) is 6.74. The largest absolute Gasteiger partial charge is 0.465 e. The smallest absolute Gasteiger partial charge is 0.402 e. The second-order valence-electron chi connectivity index (χ2n) is 4.90. The molecule has 0 fully saturated rings. The van der Waals surface area contributed by atoms with E-state index in [2.05, 4.69) is 44.9 Å². The fourth-order valence-electron chi connectivity index (χ4n) is 1.54. The molecule has 1 heterocycles. The molecule has 17 heavy (non-hydrogen) atoms. The van der Waals surface area contributed by atoms with Gasteiger partial charge in [-0.3, -0.25) is 0 Å². The number of nitrogens with two attached hydrogens (primary N) is 1. The first-order chi connectivity index (χ1) is 7.82. The lowest BCUT2D eigenvalue weighted by Crippen LogP contribution is -2.03. The summed E-state index contributed by atoms with van der Waals surface area (Å²) in [5.74, 6) is 1.56. The molecule has 1 amide bonds. The zero-order valence-electron chi connectivity index (χ0n) is 11.1. The molecule has 98 valence electrons. The molecule has 0 aromatic carbocycles. The molecule has 0 saturated carbocycles. The molecule has 0 aliphatic rings. The number of carbonyl (C=O) groups is 1. The van der Waals surface area contributed by atoms with Crippen LogP contribution in [0.2, 0.25) is 0 Å². The average molecular weight is 257 g/mol. The summed E-state index contributed by atoms with van der Waals surface area (Å²) in [7, 11) is 0. The third-order valence-electron chi connectivity index (χ3n) is 2.06. The van der Waals surface area contributed by atoms with Crippen LogP contribution in [0.5, 0.6) is 0 Å². The Kier molecular flexibility index (Phi) is 7.63. The van der Waals surface area contributed by atoms with E-state index >= 15 is 0 Å². The van der Waals surface area contributed by atoms with Crippen molar-refractivity contribution in [2.45, 2.75) is 40.5 Å². The second kappa shape index (κ2) is 8.12. The summed E-state index contributed by atoms with van der Waals surface area (Å²) in [6, 6.07) is 2.29. The van der Waals surface area contributed by atoms with Gasteiger partial charge in [0.15, 0.2) is 0 Å². The van der Waals surface area contributed by atoms with Crippen LogP contribution in [0.25, 0.3) is 0 Å². The number of carboxylic acid groups (broad SMARTS) is 1. The van der Waals surface area contributed by atoms with Crippen molar-refractivity contribution in [2.75, 3.05) is 0 Å². The van der Waals surface area contributed by atoms with Gasteiger partial charge in [0.1, 0.15) is 0 Å². The minimum absolute atomic E-state index is 0.778. The van der Waals surface area contributed by atoms with Gasteiger partial charge in [-0.25, -0.2) is 4.79 Å². The molecule has 4 heteroatoms. The first kappa shape index (κ1) is 16.0. The van der Waals surface area contributed by atoms with Crippen LogP contribution in [0, 0.1) is 11.8 Å². The fourth-order valence-corrected chi connectivity index (χ4v) is 2.67. The van der Waals surface area contributed by atoms with Crippen LogP contribution in [0.1, 0.15) is 38.1 Å². The highest BCUT2D eigenvalue weighted by Crippen LogP contribution is 2.22. The molecule has 3 N–H and O–H groups in total. The van der Waals surface area contributed by atoms with Gasteiger partial charge in [0, 0.05) is 4.88 Å². The van der Waals surface area contributed by atoms with Gasteiger partial charge in [0.05, 0.1) is 0 Å². The van der Waals surface area contributed by atoms with Crippen molar-refractivity contribution in [2.24, 2.45) is 17.6 Å². The minimum atomic E-state index is -1.33. The Hall–Kier alpha value is -1.03. The van der Waals surface area contributed by atoms with E-state index in [0.717, 1.165) is 11.8 Å². The topological polar surface area (TPSA) is 63.3 Å². The summed E-state index contributed by atoms with van der Waals surface area (Å²) < 4.78 is 0. The van der Waals surface area contributed by atoms with E-state index in [1.54, 1.807) is 10.4 Å². The summed E-state index contributed by atoms with van der Waals surface area (Å²) in [6.07, 6.45) is 1.16. The van der Waals surface area contributed by atoms with E-state index in [0.29, 0.717) is 0 Å². The zero-order chi connectivity index (χ0) is 13.4. The Morgan fingerprint density at radius 1 is 1.29 bits per heavy atom. The lowest BCUT2D eigenvalue weighted by molar-refractivity contribution is 0.205. The van der Waals surface area contributed by atoms with Crippen molar-refractivity contribution in [1.29, 1.82) is 0 Å². The Balaban J connectivity index is 0.000000557. The fraction of sp³-hybridized carbons (Fsp3) is 0.615. The lowest BCUT2D eigenvalue weighted by Gasteiger charge is -2.08. The average Bonchev–Trinajstić information content (AvgIpc) is 2.49. The first-order valence-electron chi connectivity index (χ1n) is 5.86. The van der Waals surface area contributed by atoms with E-state index in [-0.39, 0.29) is 0 Å². The van der Waals surface area contributed by atoms with Gasteiger partial charge in [0.2, 0.25) is 0 Å². The van der Waals surface area contributed by atoms with Crippen molar-refractivity contribution in [3.8, 4) is 0 Å². The van der Waals surface area contributed by atoms with Crippen molar-refractivity contribution < 1.29 is 9.90 Å². The van der Waals surface area contributed by atoms with Gasteiger partial charge in [0.25, 0.3) is 0 Å². The Labute approximate surface area is 108 Å². The molecule has 0 saturated heterocycles. The number of thiophene rings is 1. The maximum atomic E-state index is 8.78. The highest BCUT2D eigenvalue weighted by atomic mass is 32.1. The standard InChI is InChI=1S/C12H20S.CH3NO2/c1-9(2)7-11-5-6-13-12(11)8-10(3)4;2-1(3)4/h5-6,9-10H,7-8H2,1-4H3;2H2,(H,3,4). The number of hydrogen-bond donors (Lipinski definition) is 2. The summed E-state index contributed by atoms with van der Waals surface area (Å²) in [4.78, 5) is 10.4. The molecule has 0 radical (unpaired) electrons. The van der Waals surface area contributed by atoms with Crippen molar-refractivity contribution in [3.05, 3.63) is 21.9 Å². The Morgan fingerprint density at radius 3 is 2.18 bits per heavy atom. The number of rotatable bonds is 4. The van der Waals surface area contributed by atoms with Gasteiger partial charge in [-0.05, 0) is 41.7 Å². The summed E-state index contributed by atoms with van der Waals surface area (Å²) >= 11 is 1.92. The van der Waals surface area contributed by atoms with Gasteiger partial charge in [-0.15, -0.1) is 11.3 Å². The van der Waals surface area contributed by atoms with Gasteiger partial charge in [-0.2, -0.15) is 0 Å². The monoisotopic (exact) mass is 257 g/mol. The normalized spacial score (nSPS) is 10.2.